The number of aliphatic hydroxyl groups is 1. The van der Waals surface area contributed by atoms with Crippen molar-refractivity contribution in [2.45, 2.75) is 51.6 Å². The van der Waals surface area contributed by atoms with E-state index in [0.717, 1.165) is 25.7 Å². The molecule has 0 spiro atoms. The monoisotopic (exact) mass is 243 g/mol. The fraction of sp³-hybridized carbons (Fsp3) is 0.923. The normalized spacial score (nSPS) is 21.6. The number of hydrogen-bond acceptors (Lipinski definition) is 3. The topological polar surface area (TPSA) is 58.6 Å². The number of amides is 1. The Bertz CT molecular complexity index is 235. The van der Waals surface area contributed by atoms with Gasteiger partial charge in [0, 0.05) is 19.1 Å². The number of carbonyl (C=O) groups excluding carboxylic acids is 1. The quantitative estimate of drug-likeness (QED) is 0.719. The summed E-state index contributed by atoms with van der Waals surface area (Å²) in [6, 6.07) is 0. The fourth-order valence-corrected chi connectivity index (χ4v) is 2.41. The van der Waals surface area contributed by atoms with Crippen LogP contribution >= 0.6 is 0 Å². The summed E-state index contributed by atoms with van der Waals surface area (Å²) in [4.78, 5) is 12.1. The first-order valence-corrected chi connectivity index (χ1v) is 6.54. The molecule has 0 aromatic heterocycles. The van der Waals surface area contributed by atoms with E-state index >= 15 is 0 Å². The fourth-order valence-electron chi connectivity index (χ4n) is 2.41. The van der Waals surface area contributed by atoms with Gasteiger partial charge in [0.05, 0.1) is 12.7 Å². The van der Waals surface area contributed by atoms with Crippen LogP contribution in [0.1, 0.15) is 45.4 Å². The minimum absolute atomic E-state index is 0.0783. The molecule has 4 heteroatoms. The molecule has 1 aliphatic carbocycles. The van der Waals surface area contributed by atoms with Crippen LogP contribution in [0.15, 0.2) is 0 Å². The van der Waals surface area contributed by atoms with Gasteiger partial charge in [0.25, 0.3) is 0 Å². The van der Waals surface area contributed by atoms with E-state index < -0.39 is 6.10 Å². The maximum Gasteiger partial charge on any atom is 0.226 e. The molecule has 0 aromatic rings. The maximum absolute atomic E-state index is 12.1. The van der Waals surface area contributed by atoms with Gasteiger partial charge in [-0.1, -0.05) is 32.6 Å². The molecule has 0 bridgehead atoms. The van der Waals surface area contributed by atoms with E-state index in [1.807, 2.05) is 6.92 Å². The van der Waals surface area contributed by atoms with E-state index in [4.69, 9.17) is 4.74 Å². The van der Waals surface area contributed by atoms with Gasteiger partial charge in [-0.2, -0.15) is 0 Å². The lowest BCUT2D eigenvalue weighted by molar-refractivity contribution is -0.131. The summed E-state index contributed by atoms with van der Waals surface area (Å²) in [6.45, 7) is 2.58. The highest BCUT2D eigenvalue weighted by atomic mass is 16.5. The second-order valence-electron chi connectivity index (χ2n) is 5.29. The minimum Gasteiger partial charge on any atom is -0.389 e. The smallest absolute Gasteiger partial charge is 0.226 e. The predicted molar refractivity (Wildman–Crippen MR) is 66.7 cm³/mol. The summed E-state index contributed by atoms with van der Waals surface area (Å²) in [5, 5.41) is 12.3. The Labute approximate surface area is 104 Å². The zero-order valence-corrected chi connectivity index (χ0v) is 11.0. The molecule has 0 saturated heterocycles. The Morgan fingerprint density at radius 1 is 1.35 bits per heavy atom. The zero-order chi connectivity index (χ0) is 12.7. The maximum atomic E-state index is 12.1. The highest BCUT2D eigenvalue weighted by Gasteiger charge is 2.33. The highest BCUT2D eigenvalue weighted by Crippen LogP contribution is 2.34. The lowest BCUT2D eigenvalue weighted by Gasteiger charge is -2.27. The molecule has 100 valence electrons. The Hall–Kier alpha value is -0.610. The van der Waals surface area contributed by atoms with Crippen molar-refractivity contribution in [3.63, 3.8) is 0 Å². The second-order valence-corrected chi connectivity index (χ2v) is 5.29. The van der Waals surface area contributed by atoms with E-state index in [0.29, 0.717) is 0 Å². The molecule has 4 nitrogen and oxygen atoms in total. The van der Waals surface area contributed by atoms with Crippen molar-refractivity contribution in [3.05, 3.63) is 0 Å². The van der Waals surface area contributed by atoms with Crippen LogP contribution in [0, 0.1) is 5.41 Å². The number of aliphatic hydroxyl groups excluding tert-OH is 1. The van der Waals surface area contributed by atoms with E-state index in [-0.39, 0.29) is 24.5 Å². The van der Waals surface area contributed by atoms with Gasteiger partial charge in [0.15, 0.2) is 0 Å². The second kappa shape index (κ2) is 6.97. The van der Waals surface area contributed by atoms with E-state index in [2.05, 4.69) is 5.32 Å². The van der Waals surface area contributed by atoms with Crippen molar-refractivity contribution >= 4 is 5.91 Å². The van der Waals surface area contributed by atoms with Crippen molar-refractivity contribution in [1.29, 1.82) is 0 Å². The van der Waals surface area contributed by atoms with E-state index in [9.17, 15) is 9.90 Å². The van der Waals surface area contributed by atoms with Crippen LogP contribution in [0.4, 0.5) is 0 Å². The third kappa shape index (κ3) is 4.64. The summed E-state index contributed by atoms with van der Waals surface area (Å²) in [6.07, 6.45) is 6.02. The summed E-state index contributed by atoms with van der Waals surface area (Å²) in [5.74, 6) is 0.0783. The number of nitrogens with one attached hydrogen (secondary N) is 1. The number of rotatable bonds is 5. The number of ether oxygens (including phenoxy) is 1. The Morgan fingerprint density at radius 3 is 2.47 bits per heavy atom. The van der Waals surface area contributed by atoms with Gasteiger partial charge < -0.3 is 15.2 Å². The molecule has 0 aliphatic heterocycles. The van der Waals surface area contributed by atoms with Gasteiger partial charge in [-0.05, 0) is 12.8 Å². The summed E-state index contributed by atoms with van der Waals surface area (Å²) in [5.41, 5.74) is -0.247. The van der Waals surface area contributed by atoms with Crippen LogP contribution in [-0.4, -0.2) is 37.4 Å². The van der Waals surface area contributed by atoms with Crippen LogP contribution in [0.2, 0.25) is 0 Å². The first-order chi connectivity index (χ1) is 8.08. The molecule has 0 heterocycles. The SMILES string of the molecule is COCC(O)CNC(=O)C1(C)CCCCCC1. The first-order valence-electron chi connectivity index (χ1n) is 6.54. The summed E-state index contributed by atoms with van der Waals surface area (Å²) >= 11 is 0. The molecule has 1 unspecified atom stereocenters. The standard InChI is InChI=1S/C13H25NO3/c1-13(7-5-3-4-6-8-13)12(16)14-9-11(15)10-17-2/h11,15H,3-10H2,1-2H3,(H,14,16). The molecule has 1 amide bonds. The Morgan fingerprint density at radius 2 is 1.94 bits per heavy atom. The molecule has 1 rings (SSSR count). The molecule has 1 fully saturated rings. The van der Waals surface area contributed by atoms with Crippen LogP contribution in [0.5, 0.6) is 0 Å². The van der Waals surface area contributed by atoms with Crippen LogP contribution in [0.3, 0.4) is 0 Å². The van der Waals surface area contributed by atoms with Gasteiger partial charge in [0.2, 0.25) is 5.91 Å². The van der Waals surface area contributed by atoms with Crippen molar-refractivity contribution in [1.82, 2.24) is 5.32 Å². The summed E-state index contributed by atoms with van der Waals surface area (Å²) in [7, 11) is 1.54. The zero-order valence-electron chi connectivity index (χ0n) is 11.0. The molecule has 2 N–H and O–H groups in total. The third-order valence-electron chi connectivity index (χ3n) is 3.61. The molecule has 0 radical (unpaired) electrons. The highest BCUT2D eigenvalue weighted by molar-refractivity contribution is 5.82. The third-order valence-corrected chi connectivity index (χ3v) is 3.61. The largest absolute Gasteiger partial charge is 0.389 e. The molecular weight excluding hydrogens is 218 g/mol. The van der Waals surface area contributed by atoms with Gasteiger partial charge in [-0.3, -0.25) is 4.79 Å². The minimum atomic E-state index is -0.613. The molecule has 17 heavy (non-hydrogen) atoms. The molecule has 1 saturated carbocycles. The van der Waals surface area contributed by atoms with Crippen molar-refractivity contribution < 1.29 is 14.6 Å². The average Bonchev–Trinajstić information content (AvgIpc) is 2.52. The number of carbonyl (C=O) groups is 1. The Kier molecular flexibility index (Phi) is 5.92. The Balaban J connectivity index is 2.39. The molecule has 1 atom stereocenters. The van der Waals surface area contributed by atoms with Crippen molar-refractivity contribution in [2.75, 3.05) is 20.3 Å². The average molecular weight is 243 g/mol. The predicted octanol–water partition coefficient (Wildman–Crippen LogP) is 1.47. The van der Waals surface area contributed by atoms with Crippen LogP contribution in [0.25, 0.3) is 0 Å². The molecule has 0 aromatic carbocycles. The van der Waals surface area contributed by atoms with Gasteiger partial charge >= 0.3 is 0 Å². The number of methoxy groups -OCH3 is 1. The van der Waals surface area contributed by atoms with Crippen molar-refractivity contribution in [2.24, 2.45) is 5.41 Å². The summed E-state index contributed by atoms with van der Waals surface area (Å²) < 4.78 is 4.83. The van der Waals surface area contributed by atoms with Crippen LogP contribution in [-0.2, 0) is 9.53 Å². The lowest BCUT2D eigenvalue weighted by Crippen LogP contribution is -2.42. The first kappa shape index (κ1) is 14.5. The van der Waals surface area contributed by atoms with Gasteiger partial charge in [0.1, 0.15) is 0 Å². The van der Waals surface area contributed by atoms with Gasteiger partial charge in [-0.15, -0.1) is 0 Å². The van der Waals surface area contributed by atoms with E-state index in [1.165, 1.54) is 20.0 Å². The molecular formula is C13H25NO3. The van der Waals surface area contributed by atoms with Gasteiger partial charge in [-0.25, -0.2) is 0 Å². The van der Waals surface area contributed by atoms with E-state index in [1.54, 1.807) is 0 Å². The van der Waals surface area contributed by atoms with Crippen molar-refractivity contribution in [3.8, 4) is 0 Å². The number of hydrogen-bond donors (Lipinski definition) is 2. The van der Waals surface area contributed by atoms with Crippen LogP contribution < -0.4 is 5.32 Å². The lowest BCUT2D eigenvalue weighted by atomic mass is 9.81. The molecule has 1 aliphatic rings.